The van der Waals surface area contributed by atoms with Gasteiger partial charge in [0.1, 0.15) is 0 Å². The van der Waals surface area contributed by atoms with Crippen LogP contribution >= 0.6 is 34.7 Å². The number of aryl methyl sites for hydroxylation is 1. The number of benzene rings is 2. The summed E-state index contributed by atoms with van der Waals surface area (Å²) in [5.41, 5.74) is 2.88. The Labute approximate surface area is 209 Å². The SMILES string of the molecule is Cc1ccc(N2C(=O)[C@H]3[C@H]4C[C@@H]([C@@H]3C2=O)[C@H]2[C@H](c3ccc(Cl)cc3)c3sc(=O)[nH]c3S[C@H]42)cc1. The fourth-order valence-electron chi connectivity index (χ4n) is 7.01. The van der Waals surface area contributed by atoms with Crippen LogP contribution in [0.15, 0.2) is 58.4 Å². The predicted molar refractivity (Wildman–Crippen MR) is 134 cm³/mol. The van der Waals surface area contributed by atoms with Gasteiger partial charge in [-0.3, -0.25) is 19.3 Å². The van der Waals surface area contributed by atoms with E-state index in [1.807, 2.05) is 55.5 Å². The van der Waals surface area contributed by atoms with E-state index in [0.29, 0.717) is 10.7 Å². The number of H-pyrrole nitrogens is 1. The summed E-state index contributed by atoms with van der Waals surface area (Å²) in [6.45, 7) is 1.99. The second-order valence-electron chi connectivity index (χ2n) is 9.86. The Morgan fingerprint density at radius 3 is 2.32 bits per heavy atom. The number of hydrogen-bond acceptors (Lipinski definition) is 5. The zero-order valence-electron chi connectivity index (χ0n) is 18.2. The maximum atomic E-state index is 13.7. The average molecular weight is 509 g/mol. The molecule has 3 fully saturated rings. The molecule has 3 heterocycles. The third-order valence-electron chi connectivity index (χ3n) is 8.25. The van der Waals surface area contributed by atoms with Crippen LogP contribution in [0, 0.1) is 36.5 Å². The van der Waals surface area contributed by atoms with Gasteiger partial charge in [0.05, 0.1) is 22.5 Å². The van der Waals surface area contributed by atoms with Crippen LogP contribution in [0.5, 0.6) is 0 Å². The Bertz CT molecular complexity index is 1400. The summed E-state index contributed by atoms with van der Waals surface area (Å²) in [6.07, 6.45) is 0.889. The Kier molecular flexibility index (Phi) is 4.52. The Hall–Kier alpha value is -2.35. The van der Waals surface area contributed by atoms with Crippen molar-refractivity contribution >= 4 is 52.2 Å². The highest BCUT2D eigenvalue weighted by Crippen LogP contribution is 2.68. The van der Waals surface area contributed by atoms with E-state index in [0.717, 1.165) is 27.5 Å². The molecule has 5 nitrogen and oxygen atoms in total. The van der Waals surface area contributed by atoms with E-state index in [4.69, 9.17) is 11.6 Å². The maximum absolute atomic E-state index is 13.7. The van der Waals surface area contributed by atoms with E-state index < -0.39 is 0 Å². The lowest BCUT2D eigenvalue weighted by Crippen LogP contribution is -2.42. The van der Waals surface area contributed by atoms with Gasteiger partial charge in [-0.25, -0.2) is 0 Å². The number of amides is 2. The number of nitrogens with zero attached hydrogens (tertiary/aromatic N) is 1. The van der Waals surface area contributed by atoms with Crippen LogP contribution < -0.4 is 9.77 Å². The van der Waals surface area contributed by atoms with Crippen LogP contribution in [0.25, 0.3) is 0 Å². The molecule has 2 saturated carbocycles. The summed E-state index contributed by atoms with van der Waals surface area (Å²) in [6, 6.07) is 15.5. The van der Waals surface area contributed by atoms with Gasteiger partial charge in [-0.1, -0.05) is 52.8 Å². The molecule has 4 aliphatic rings. The van der Waals surface area contributed by atoms with Gasteiger partial charge in [0.2, 0.25) is 11.8 Å². The van der Waals surface area contributed by atoms with Gasteiger partial charge in [0.25, 0.3) is 0 Å². The molecule has 34 heavy (non-hydrogen) atoms. The number of nitrogens with one attached hydrogen (secondary N) is 1. The van der Waals surface area contributed by atoms with Crippen molar-refractivity contribution in [2.24, 2.45) is 29.6 Å². The normalized spacial score (nSPS) is 33.2. The number of anilines is 1. The number of aromatic nitrogens is 1. The first-order valence-corrected chi connectivity index (χ1v) is 13.6. The van der Waals surface area contributed by atoms with Crippen molar-refractivity contribution in [2.45, 2.75) is 29.5 Å². The van der Waals surface area contributed by atoms with Gasteiger partial charge in [-0.05, 0) is 60.9 Å². The molecule has 1 saturated heterocycles. The van der Waals surface area contributed by atoms with Crippen LogP contribution in [0.2, 0.25) is 5.02 Å². The highest BCUT2D eigenvalue weighted by Gasteiger charge is 2.69. The van der Waals surface area contributed by atoms with Gasteiger partial charge < -0.3 is 4.98 Å². The zero-order chi connectivity index (χ0) is 23.3. The van der Waals surface area contributed by atoms with Crippen molar-refractivity contribution in [3.63, 3.8) is 0 Å². The number of carbonyl (C=O) groups is 2. The molecule has 172 valence electrons. The van der Waals surface area contributed by atoms with Crippen molar-refractivity contribution in [3.8, 4) is 0 Å². The van der Waals surface area contributed by atoms with Gasteiger partial charge in [0.15, 0.2) is 0 Å². The molecule has 8 heteroatoms. The number of fused-ring (bicyclic) bond motifs is 9. The largest absolute Gasteiger partial charge is 0.307 e. The molecule has 2 bridgehead atoms. The quantitative estimate of drug-likeness (QED) is 0.490. The molecule has 2 amide bonds. The van der Waals surface area contributed by atoms with E-state index in [2.05, 4.69) is 4.98 Å². The monoisotopic (exact) mass is 508 g/mol. The first-order valence-electron chi connectivity index (χ1n) is 11.5. The Morgan fingerprint density at radius 2 is 1.62 bits per heavy atom. The van der Waals surface area contributed by atoms with Crippen molar-refractivity contribution in [1.29, 1.82) is 0 Å². The molecule has 2 aliphatic carbocycles. The third kappa shape index (κ3) is 2.77. The number of rotatable bonds is 2. The standard InChI is InChI=1S/C26H21ClN2O3S2/c1-11-2-8-14(9-3-11)29-24(30)19-15-10-16(20(19)25(29)31)21-18(15)17(12-4-6-13(27)7-5-12)22-23(33-21)28-26(32)34-22/h2-9,15-21H,10H2,1H3,(H,28,32)/t15-,16-,17+,18+,19+,20+,21-/m1/s1. The minimum Gasteiger partial charge on any atom is -0.307 e. The summed E-state index contributed by atoms with van der Waals surface area (Å²) in [5, 5.41) is 1.79. The number of aromatic amines is 1. The minimum atomic E-state index is -0.285. The van der Waals surface area contributed by atoms with Crippen LogP contribution in [-0.2, 0) is 9.59 Å². The summed E-state index contributed by atoms with van der Waals surface area (Å²) >= 11 is 9.16. The summed E-state index contributed by atoms with van der Waals surface area (Å²) in [7, 11) is 0. The number of imide groups is 1. The lowest BCUT2D eigenvalue weighted by atomic mass is 9.68. The summed E-state index contributed by atoms with van der Waals surface area (Å²) < 4.78 is 0. The van der Waals surface area contributed by atoms with E-state index >= 15 is 0 Å². The van der Waals surface area contributed by atoms with Crippen LogP contribution in [-0.4, -0.2) is 22.0 Å². The highest BCUT2D eigenvalue weighted by molar-refractivity contribution is 8.00. The van der Waals surface area contributed by atoms with E-state index in [-0.39, 0.29) is 57.4 Å². The molecule has 2 aromatic carbocycles. The number of hydrogen-bond donors (Lipinski definition) is 1. The lowest BCUT2D eigenvalue weighted by molar-refractivity contribution is -0.123. The van der Waals surface area contributed by atoms with E-state index in [1.54, 1.807) is 11.8 Å². The second-order valence-corrected chi connectivity index (χ2v) is 12.5. The van der Waals surface area contributed by atoms with Gasteiger partial charge in [-0.2, -0.15) is 0 Å². The molecule has 1 aromatic heterocycles. The first kappa shape index (κ1) is 21.0. The number of thioether (sulfide) groups is 1. The van der Waals surface area contributed by atoms with E-state index in [9.17, 15) is 14.4 Å². The summed E-state index contributed by atoms with van der Waals surface area (Å²) in [5.74, 6) is -0.205. The molecule has 1 N–H and O–H groups in total. The number of thiazole rings is 1. The van der Waals surface area contributed by atoms with Crippen molar-refractivity contribution in [1.82, 2.24) is 4.98 Å². The molecule has 3 aromatic rings. The highest BCUT2D eigenvalue weighted by atomic mass is 35.5. The van der Waals surface area contributed by atoms with Gasteiger partial charge >= 0.3 is 4.87 Å². The molecule has 0 radical (unpaired) electrons. The van der Waals surface area contributed by atoms with Gasteiger partial charge in [-0.15, -0.1) is 11.8 Å². The van der Waals surface area contributed by atoms with Crippen molar-refractivity contribution in [3.05, 3.63) is 79.2 Å². The van der Waals surface area contributed by atoms with Crippen LogP contribution in [0.4, 0.5) is 5.69 Å². The van der Waals surface area contributed by atoms with Crippen molar-refractivity contribution in [2.75, 3.05) is 4.90 Å². The fourth-order valence-corrected chi connectivity index (χ4v) is 10.0. The predicted octanol–water partition coefficient (Wildman–Crippen LogP) is 5.08. The Morgan fingerprint density at radius 1 is 0.941 bits per heavy atom. The van der Waals surface area contributed by atoms with Crippen LogP contribution in [0.1, 0.15) is 28.3 Å². The topological polar surface area (TPSA) is 70.2 Å². The fraction of sp³-hybridized carbons (Fsp3) is 0.346. The first-order chi connectivity index (χ1) is 16.4. The molecule has 7 atom stereocenters. The third-order valence-corrected chi connectivity index (χ3v) is 11.1. The smallest absolute Gasteiger partial charge is 0.305 e. The number of carbonyl (C=O) groups excluding carboxylic acids is 2. The van der Waals surface area contributed by atoms with Crippen molar-refractivity contribution < 1.29 is 9.59 Å². The molecular weight excluding hydrogens is 488 g/mol. The minimum absolute atomic E-state index is 0.0229. The zero-order valence-corrected chi connectivity index (χ0v) is 20.6. The average Bonchev–Trinajstić information content (AvgIpc) is 3.54. The molecular formula is C26H21ClN2O3S2. The van der Waals surface area contributed by atoms with Crippen LogP contribution in [0.3, 0.4) is 0 Å². The molecule has 0 spiro atoms. The molecule has 0 unspecified atom stereocenters. The molecule has 2 aliphatic heterocycles. The Balaban J connectivity index is 1.32. The number of halogens is 1. The van der Waals surface area contributed by atoms with E-state index in [1.165, 1.54) is 16.2 Å². The lowest BCUT2D eigenvalue weighted by Gasteiger charge is -2.43. The maximum Gasteiger partial charge on any atom is 0.305 e. The molecule has 7 rings (SSSR count). The van der Waals surface area contributed by atoms with Gasteiger partial charge in [0, 0.05) is 21.1 Å². The second kappa shape index (κ2) is 7.33. The summed E-state index contributed by atoms with van der Waals surface area (Å²) in [4.78, 5) is 45.1.